The van der Waals surface area contributed by atoms with Crippen LogP contribution in [0.3, 0.4) is 0 Å². The molecular weight excluding hydrogens is 472 g/mol. The van der Waals surface area contributed by atoms with E-state index in [1.165, 1.54) is 0 Å². The van der Waals surface area contributed by atoms with Gasteiger partial charge in [0.2, 0.25) is 0 Å². The van der Waals surface area contributed by atoms with Gasteiger partial charge in [0.25, 0.3) is 5.91 Å². The normalized spacial score (nSPS) is 18.3. The number of carbonyl (C=O) groups excluding carboxylic acids is 2. The van der Waals surface area contributed by atoms with Crippen molar-refractivity contribution in [3.8, 4) is 11.5 Å². The fourth-order valence-corrected chi connectivity index (χ4v) is 5.04. The third kappa shape index (κ3) is 6.25. The topological polar surface area (TPSA) is 86.3 Å². The molecule has 0 aromatic heterocycles. The fourth-order valence-electron chi connectivity index (χ4n) is 5.04. The summed E-state index contributed by atoms with van der Waals surface area (Å²) in [6, 6.07) is 16.0. The van der Waals surface area contributed by atoms with Gasteiger partial charge in [0.05, 0.1) is 13.2 Å². The first-order valence-corrected chi connectivity index (χ1v) is 13.0. The largest absolute Gasteiger partial charge is 0.457 e. The van der Waals surface area contributed by atoms with Crippen LogP contribution in [0.25, 0.3) is 0 Å². The molecule has 2 aliphatic heterocycles. The Bertz CT molecular complexity index is 1050. The third-order valence-corrected chi connectivity index (χ3v) is 6.80. The van der Waals surface area contributed by atoms with Gasteiger partial charge in [-0.3, -0.25) is 4.79 Å². The van der Waals surface area contributed by atoms with Crippen LogP contribution in [-0.4, -0.2) is 68.6 Å². The van der Waals surface area contributed by atoms with E-state index in [-0.39, 0.29) is 19.1 Å². The zero-order valence-electron chi connectivity index (χ0n) is 22.2. The second kappa shape index (κ2) is 11.5. The number of hydrogen-bond acceptors (Lipinski definition) is 6. The summed E-state index contributed by atoms with van der Waals surface area (Å²) >= 11 is 0. The number of hydrogen-bond donors (Lipinski definition) is 1. The number of fused-ring (bicyclic) bond motifs is 2. The van der Waals surface area contributed by atoms with E-state index in [1.54, 1.807) is 12.0 Å². The van der Waals surface area contributed by atoms with Crippen LogP contribution in [-0.2, 0) is 24.4 Å². The van der Waals surface area contributed by atoms with Crippen LogP contribution in [0.5, 0.6) is 11.5 Å². The standard InChI is InChI=1S/C29H38N2O6/c1-28(2,3)37-27(33)31-16-18-35-25(19-31)26(32)30-20-29(15-9-10-17-34-4)21-11-5-7-13-23(21)36-24-14-8-6-12-22(24)29/h5-8,11-14,25H,9-10,15-20H2,1-4H3,(H,30,32)/t25-/m1/s1. The van der Waals surface area contributed by atoms with Crippen LogP contribution in [0, 0.1) is 0 Å². The highest BCUT2D eigenvalue weighted by Gasteiger charge is 2.42. The van der Waals surface area contributed by atoms with Gasteiger partial charge in [0.15, 0.2) is 6.10 Å². The molecule has 8 heteroatoms. The molecule has 1 fully saturated rings. The van der Waals surface area contributed by atoms with Crippen LogP contribution in [0.4, 0.5) is 4.79 Å². The van der Waals surface area contributed by atoms with E-state index >= 15 is 0 Å². The molecule has 1 N–H and O–H groups in total. The Morgan fingerprint density at radius 2 is 1.70 bits per heavy atom. The molecule has 0 radical (unpaired) electrons. The number of para-hydroxylation sites is 2. The first kappa shape index (κ1) is 26.9. The van der Waals surface area contributed by atoms with Crippen molar-refractivity contribution in [3.63, 3.8) is 0 Å². The maximum Gasteiger partial charge on any atom is 0.410 e. The summed E-state index contributed by atoms with van der Waals surface area (Å²) in [7, 11) is 1.71. The molecule has 0 bridgehead atoms. The monoisotopic (exact) mass is 510 g/mol. The molecule has 2 amide bonds. The highest BCUT2D eigenvalue weighted by atomic mass is 16.6. The van der Waals surface area contributed by atoms with Crippen molar-refractivity contribution in [2.45, 2.75) is 57.2 Å². The van der Waals surface area contributed by atoms with E-state index in [2.05, 4.69) is 17.4 Å². The van der Waals surface area contributed by atoms with Crippen LogP contribution in [0.15, 0.2) is 48.5 Å². The lowest BCUT2D eigenvalue weighted by Gasteiger charge is -2.41. The summed E-state index contributed by atoms with van der Waals surface area (Å²) in [5.41, 5.74) is 1.01. The molecule has 2 aromatic rings. The Labute approximate surface area is 219 Å². The third-order valence-electron chi connectivity index (χ3n) is 6.80. The van der Waals surface area contributed by atoms with Crippen LogP contribution < -0.4 is 10.1 Å². The quantitative estimate of drug-likeness (QED) is 0.521. The summed E-state index contributed by atoms with van der Waals surface area (Å²) in [4.78, 5) is 27.5. The van der Waals surface area contributed by atoms with Crippen molar-refractivity contribution in [1.82, 2.24) is 10.2 Å². The SMILES string of the molecule is COCCCCC1(CNC(=O)[C@H]2CN(C(=O)OC(C)(C)C)CCO2)c2ccccc2Oc2ccccc21. The lowest BCUT2D eigenvalue weighted by atomic mass is 9.69. The molecule has 200 valence electrons. The zero-order valence-corrected chi connectivity index (χ0v) is 22.2. The minimum atomic E-state index is -0.767. The number of benzene rings is 2. The van der Waals surface area contributed by atoms with Gasteiger partial charge in [0.1, 0.15) is 17.1 Å². The first-order valence-electron chi connectivity index (χ1n) is 13.0. The molecule has 0 unspecified atom stereocenters. The highest BCUT2D eigenvalue weighted by Crippen LogP contribution is 2.50. The van der Waals surface area contributed by atoms with Crippen molar-refractivity contribution in [1.29, 1.82) is 0 Å². The lowest BCUT2D eigenvalue weighted by Crippen LogP contribution is -2.54. The molecule has 2 aromatic carbocycles. The van der Waals surface area contributed by atoms with Gasteiger partial charge < -0.3 is 29.2 Å². The fraction of sp³-hybridized carbons (Fsp3) is 0.517. The highest BCUT2D eigenvalue weighted by molar-refractivity contribution is 5.82. The van der Waals surface area contributed by atoms with E-state index < -0.39 is 23.2 Å². The number of methoxy groups -OCH3 is 1. The molecule has 0 aliphatic carbocycles. The maximum atomic E-state index is 13.4. The lowest BCUT2D eigenvalue weighted by molar-refractivity contribution is -0.138. The smallest absolute Gasteiger partial charge is 0.410 e. The van der Waals surface area contributed by atoms with Crippen molar-refractivity contribution < 1.29 is 28.5 Å². The van der Waals surface area contributed by atoms with E-state index in [0.717, 1.165) is 41.9 Å². The van der Waals surface area contributed by atoms with E-state index in [0.29, 0.717) is 19.7 Å². The predicted octanol–water partition coefficient (Wildman–Crippen LogP) is 4.65. The second-order valence-corrected chi connectivity index (χ2v) is 10.6. The Morgan fingerprint density at radius 3 is 2.32 bits per heavy atom. The number of morpholine rings is 1. The van der Waals surface area contributed by atoms with Gasteiger partial charge in [0, 0.05) is 43.3 Å². The van der Waals surface area contributed by atoms with Crippen molar-refractivity contribution in [3.05, 3.63) is 59.7 Å². The number of nitrogens with one attached hydrogen (secondary N) is 1. The van der Waals surface area contributed by atoms with Gasteiger partial charge in [-0.25, -0.2) is 4.79 Å². The molecule has 8 nitrogen and oxygen atoms in total. The summed E-state index contributed by atoms with van der Waals surface area (Å²) in [5, 5.41) is 3.16. The van der Waals surface area contributed by atoms with Gasteiger partial charge in [-0.15, -0.1) is 0 Å². The number of amides is 2. The van der Waals surface area contributed by atoms with Crippen LogP contribution in [0.2, 0.25) is 0 Å². The summed E-state index contributed by atoms with van der Waals surface area (Å²) in [6.45, 7) is 7.35. The Kier molecular flexibility index (Phi) is 8.39. The van der Waals surface area contributed by atoms with Crippen molar-refractivity contribution >= 4 is 12.0 Å². The van der Waals surface area contributed by atoms with Gasteiger partial charge in [-0.1, -0.05) is 36.4 Å². The Balaban J connectivity index is 1.55. The van der Waals surface area contributed by atoms with E-state index in [4.69, 9.17) is 18.9 Å². The maximum absolute atomic E-state index is 13.4. The molecule has 1 saturated heterocycles. The summed E-state index contributed by atoms with van der Waals surface area (Å²) in [5.74, 6) is 1.35. The number of rotatable bonds is 8. The van der Waals surface area contributed by atoms with Gasteiger partial charge in [-0.05, 0) is 52.2 Å². The van der Waals surface area contributed by atoms with Crippen molar-refractivity contribution in [2.24, 2.45) is 0 Å². The molecule has 0 spiro atoms. The predicted molar refractivity (Wildman–Crippen MR) is 140 cm³/mol. The number of nitrogens with zero attached hydrogens (tertiary/aromatic N) is 1. The molecule has 2 aliphatic rings. The van der Waals surface area contributed by atoms with Crippen LogP contribution in [0.1, 0.15) is 51.2 Å². The van der Waals surface area contributed by atoms with E-state index in [9.17, 15) is 9.59 Å². The Hall–Kier alpha value is -3.10. The second-order valence-electron chi connectivity index (χ2n) is 10.6. The summed E-state index contributed by atoms with van der Waals surface area (Å²) < 4.78 is 22.8. The minimum Gasteiger partial charge on any atom is -0.457 e. The molecule has 0 saturated carbocycles. The van der Waals surface area contributed by atoms with Gasteiger partial charge >= 0.3 is 6.09 Å². The average molecular weight is 511 g/mol. The summed E-state index contributed by atoms with van der Waals surface area (Å²) in [6.07, 6.45) is 1.43. The van der Waals surface area contributed by atoms with Gasteiger partial charge in [-0.2, -0.15) is 0 Å². The van der Waals surface area contributed by atoms with Crippen LogP contribution >= 0.6 is 0 Å². The molecular formula is C29H38N2O6. The molecule has 2 heterocycles. The average Bonchev–Trinajstić information content (AvgIpc) is 2.88. The van der Waals surface area contributed by atoms with Crippen molar-refractivity contribution in [2.75, 3.05) is 40.0 Å². The number of carbonyl (C=O) groups is 2. The minimum absolute atomic E-state index is 0.151. The molecule has 4 rings (SSSR count). The zero-order chi connectivity index (χ0) is 26.5. The number of unbranched alkanes of at least 4 members (excludes halogenated alkanes) is 1. The number of ether oxygens (including phenoxy) is 4. The molecule has 37 heavy (non-hydrogen) atoms. The first-order chi connectivity index (χ1) is 17.7. The van der Waals surface area contributed by atoms with E-state index in [1.807, 2.05) is 57.2 Å². The Morgan fingerprint density at radius 1 is 1.05 bits per heavy atom. The molecule has 1 atom stereocenters.